The normalized spacial score (nSPS) is 11.1. The van der Waals surface area contributed by atoms with E-state index in [0.29, 0.717) is 20.8 Å². The van der Waals surface area contributed by atoms with Crippen molar-refractivity contribution in [3.05, 3.63) is 44.6 Å². The number of carbonyl (C=O) groups is 2. The maximum absolute atomic E-state index is 13.0. The molecule has 0 unspecified atom stereocenters. The molecule has 0 saturated heterocycles. The van der Waals surface area contributed by atoms with Crippen molar-refractivity contribution >= 4 is 45.0 Å². The fourth-order valence-corrected chi connectivity index (χ4v) is 3.40. The highest BCUT2D eigenvalue weighted by Crippen LogP contribution is 2.31. The van der Waals surface area contributed by atoms with Crippen LogP contribution in [0.3, 0.4) is 0 Å². The van der Waals surface area contributed by atoms with Gasteiger partial charge < -0.3 is 9.47 Å². The van der Waals surface area contributed by atoms with Crippen LogP contribution in [0, 0.1) is 6.92 Å². The molecule has 5 nitrogen and oxygen atoms in total. The summed E-state index contributed by atoms with van der Waals surface area (Å²) in [5.41, 5.74) is 0.871. The van der Waals surface area contributed by atoms with Crippen molar-refractivity contribution < 1.29 is 19.1 Å². The number of hydrogen-bond acceptors (Lipinski definition) is 5. The number of rotatable bonds is 3. The van der Waals surface area contributed by atoms with E-state index in [4.69, 9.17) is 9.47 Å². The van der Waals surface area contributed by atoms with Crippen LogP contribution in [0.1, 0.15) is 36.7 Å². The fraction of sp³-hybridized carbons (Fsp3) is 0.333. The molecule has 2 rings (SSSR count). The monoisotopic (exact) mass is 425 g/mol. The predicted octanol–water partition coefficient (Wildman–Crippen LogP) is 5.41. The van der Waals surface area contributed by atoms with E-state index in [0.717, 1.165) is 10.5 Å². The van der Waals surface area contributed by atoms with Crippen LogP contribution in [0.2, 0.25) is 0 Å². The average molecular weight is 426 g/mol. The predicted molar refractivity (Wildman–Crippen MR) is 103 cm³/mol. The Morgan fingerprint density at radius 2 is 1.88 bits per heavy atom. The molecule has 0 radical (unpaired) electrons. The molecule has 0 spiro atoms. The molecule has 25 heavy (non-hydrogen) atoms. The van der Waals surface area contributed by atoms with Gasteiger partial charge in [-0.3, -0.25) is 4.79 Å². The summed E-state index contributed by atoms with van der Waals surface area (Å²) < 4.78 is 11.3. The van der Waals surface area contributed by atoms with Crippen LogP contribution >= 0.6 is 27.3 Å². The first-order valence-corrected chi connectivity index (χ1v) is 9.26. The van der Waals surface area contributed by atoms with Crippen LogP contribution < -0.4 is 9.64 Å². The first-order valence-electron chi connectivity index (χ1n) is 7.59. The minimum atomic E-state index is -0.720. The van der Waals surface area contributed by atoms with Gasteiger partial charge in [0, 0.05) is 0 Å². The summed E-state index contributed by atoms with van der Waals surface area (Å²) in [5.74, 6) is 0.199. The van der Waals surface area contributed by atoms with E-state index >= 15 is 0 Å². The number of nitrogens with zero attached hydrogens (tertiary/aromatic N) is 1. The summed E-state index contributed by atoms with van der Waals surface area (Å²) in [4.78, 5) is 26.8. The highest BCUT2D eigenvalue weighted by Gasteiger charge is 2.32. The van der Waals surface area contributed by atoms with Crippen molar-refractivity contribution in [1.29, 1.82) is 0 Å². The summed E-state index contributed by atoms with van der Waals surface area (Å²) in [5, 5.41) is 1.78. The van der Waals surface area contributed by atoms with E-state index in [2.05, 4.69) is 15.9 Å². The Balaban J connectivity index is 2.51. The van der Waals surface area contributed by atoms with Gasteiger partial charge in [-0.25, -0.2) is 9.69 Å². The van der Waals surface area contributed by atoms with Gasteiger partial charge in [0.1, 0.15) is 11.4 Å². The molecule has 1 aromatic heterocycles. The highest BCUT2D eigenvalue weighted by atomic mass is 79.9. The quantitative estimate of drug-likeness (QED) is 0.659. The number of methoxy groups -OCH3 is 1. The van der Waals surface area contributed by atoms with Gasteiger partial charge >= 0.3 is 6.09 Å². The number of benzene rings is 1. The third kappa shape index (κ3) is 4.61. The van der Waals surface area contributed by atoms with E-state index in [-0.39, 0.29) is 0 Å². The number of aryl methyl sites for hydroxylation is 1. The maximum atomic E-state index is 13.0. The van der Waals surface area contributed by atoms with Crippen molar-refractivity contribution in [3.8, 4) is 5.75 Å². The zero-order chi connectivity index (χ0) is 18.8. The molecule has 2 aromatic rings. The number of anilines is 1. The van der Waals surface area contributed by atoms with Gasteiger partial charge in [0.05, 0.1) is 22.1 Å². The number of thiophene rings is 1. The Morgan fingerprint density at radius 1 is 1.20 bits per heavy atom. The van der Waals surface area contributed by atoms with Crippen molar-refractivity contribution in [2.24, 2.45) is 0 Å². The van der Waals surface area contributed by atoms with Gasteiger partial charge in [-0.05, 0) is 78.8 Å². The van der Waals surface area contributed by atoms with E-state index in [1.807, 2.05) is 6.92 Å². The first kappa shape index (κ1) is 19.5. The van der Waals surface area contributed by atoms with Crippen LogP contribution in [-0.4, -0.2) is 24.7 Å². The molecular weight excluding hydrogens is 406 g/mol. The fourth-order valence-electron chi connectivity index (χ4n) is 2.17. The zero-order valence-corrected chi connectivity index (χ0v) is 17.2. The van der Waals surface area contributed by atoms with Gasteiger partial charge in [-0.15, -0.1) is 11.3 Å². The van der Waals surface area contributed by atoms with Crippen LogP contribution in [0.15, 0.2) is 33.4 Å². The van der Waals surface area contributed by atoms with Gasteiger partial charge in [-0.1, -0.05) is 0 Å². The molecule has 134 valence electrons. The van der Waals surface area contributed by atoms with E-state index in [1.165, 1.54) is 11.3 Å². The Bertz CT molecular complexity index is 795. The van der Waals surface area contributed by atoms with Crippen molar-refractivity contribution in [2.75, 3.05) is 12.0 Å². The minimum Gasteiger partial charge on any atom is -0.497 e. The zero-order valence-electron chi connectivity index (χ0n) is 14.8. The maximum Gasteiger partial charge on any atom is 0.422 e. The van der Waals surface area contributed by atoms with E-state index in [1.54, 1.807) is 57.5 Å². The van der Waals surface area contributed by atoms with Crippen molar-refractivity contribution in [1.82, 2.24) is 0 Å². The summed E-state index contributed by atoms with van der Waals surface area (Å²) in [7, 11) is 1.56. The SMILES string of the molecule is COc1ccc(N(C(=O)OC(C)(C)C)C(=O)c2ccsc2Br)c(C)c1. The molecule has 0 atom stereocenters. The number of hydrogen-bond donors (Lipinski definition) is 0. The molecule has 0 aliphatic rings. The topological polar surface area (TPSA) is 55.8 Å². The minimum absolute atomic E-state index is 0.408. The first-order chi connectivity index (χ1) is 11.6. The van der Waals surface area contributed by atoms with Crippen LogP contribution in [0.5, 0.6) is 5.75 Å². The van der Waals surface area contributed by atoms with E-state index in [9.17, 15) is 9.59 Å². The Kier molecular flexibility index (Phi) is 5.90. The Hall–Kier alpha value is -1.86. The number of halogens is 1. The highest BCUT2D eigenvalue weighted by molar-refractivity contribution is 9.11. The summed E-state index contributed by atoms with van der Waals surface area (Å²) in [6.07, 6.45) is -0.719. The largest absolute Gasteiger partial charge is 0.497 e. The van der Waals surface area contributed by atoms with Gasteiger partial charge in [0.2, 0.25) is 0 Å². The molecule has 7 heteroatoms. The third-order valence-corrected chi connectivity index (χ3v) is 4.96. The lowest BCUT2D eigenvalue weighted by molar-refractivity contribution is 0.0564. The number of imide groups is 1. The van der Waals surface area contributed by atoms with E-state index < -0.39 is 17.6 Å². The summed E-state index contributed by atoms with van der Waals surface area (Å²) in [6.45, 7) is 7.09. The van der Waals surface area contributed by atoms with Crippen LogP contribution in [-0.2, 0) is 4.74 Å². The van der Waals surface area contributed by atoms with Crippen LogP contribution in [0.4, 0.5) is 10.5 Å². The standard InChI is InChI=1S/C18H20BrNO4S/c1-11-10-12(23-5)6-7-14(11)20(17(22)24-18(2,3)4)16(21)13-8-9-25-15(13)19/h6-10H,1-5H3. The molecule has 0 aliphatic carbocycles. The van der Waals surface area contributed by atoms with Crippen LogP contribution in [0.25, 0.3) is 0 Å². The number of amides is 2. The molecule has 0 N–H and O–H groups in total. The lowest BCUT2D eigenvalue weighted by atomic mass is 10.1. The van der Waals surface area contributed by atoms with Crippen molar-refractivity contribution in [3.63, 3.8) is 0 Å². The van der Waals surface area contributed by atoms with Gasteiger partial charge in [0.15, 0.2) is 0 Å². The molecule has 1 heterocycles. The molecule has 0 fully saturated rings. The summed E-state index contributed by atoms with van der Waals surface area (Å²) in [6, 6.07) is 6.82. The number of carbonyl (C=O) groups excluding carboxylic acids is 2. The third-order valence-electron chi connectivity index (χ3n) is 3.27. The Morgan fingerprint density at radius 3 is 2.36 bits per heavy atom. The second-order valence-corrected chi connectivity index (χ2v) is 8.62. The molecule has 0 aliphatic heterocycles. The molecule has 0 saturated carbocycles. The summed E-state index contributed by atoms with van der Waals surface area (Å²) >= 11 is 4.74. The molecule has 1 aromatic carbocycles. The van der Waals surface area contributed by atoms with Gasteiger partial charge in [0.25, 0.3) is 5.91 Å². The number of ether oxygens (including phenoxy) is 2. The second kappa shape index (κ2) is 7.58. The smallest absolute Gasteiger partial charge is 0.422 e. The molecule has 0 bridgehead atoms. The Labute approximate surface area is 159 Å². The lowest BCUT2D eigenvalue weighted by Crippen LogP contribution is -2.41. The van der Waals surface area contributed by atoms with Crippen molar-refractivity contribution in [2.45, 2.75) is 33.3 Å². The average Bonchev–Trinajstić information content (AvgIpc) is 2.93. The lowest BCUT2D eigenvalue weighted by Gasteiger charge is -2.27. The van der Waals surface area contributed by atoms with Gasteiger partial charge in [-0.2, -0.15) is 0 Å². The second-order valence-electron chi connectivity index (χ2n) is 6.38. The molecular formula is C18H20BrNO4S. The molecule has 2 amide bonds.